The molecule has 0 radical (unpaired) electrons. The van der Waals surface area contributed by atoms with Gasteiger partial charge in [-0.25, -0.2) is 0 Å². The number of anilines is 2. The predicted octanol–water partition coefficient (Wildman–Crippen LogP) is 4.68. The van der Waals surface area contributed by atoms with Gasteiger partial charge in [-0.3, -0.25) is 9.59 Å². The Bertz CT molecular complexity index is 1120. The first-order chi connectivity index (χ1) is 14.5. The van der Waals surface area contributed by atoms with Gasteiger partial charge < -0.3 is 14.2 Å². The lowest BCUT2D eigenvalue weighted by Gasteiger charge is -2.43. The van der Waals surface area contributed by atoms with Crippen molar-refractivity contribution in [3.8, 4) is 6.07 Å². The van der Waals surface area contributed by atoms with Crippen molar-refractivity contribution in [2.75, 3.05) is 9.80 Å². The molecule has 150 valence electrons. The standard InChI is InChI=1S/C24H21N3O3/c1-16-14-21(27(17(2)28)19-9-4-3-5-10-19)20-11-6-8-18(15-25)23(20)26(16)24(29)22-12-7-13-30-22/h3-13,16,21H,14H2,1-2H3. The van der Waals surface area contributed by atoms with E-state index in [0.717, 1.165) is 11.3 Å². The first-order valence-electron chi connectivity index (χ1n) is 9.78. The highest BCUT2D eigenvalue weighted by Gasteiger charge is 2.40. The number of amides is 2. The summed E-state index contributed by atoms with van der Waals surface area (Å²) in [6.07, 6.45) is 1.98. The molecule has 6 nitrogen and oxygen atoms in total. The van der Waals surface area contributed by atoms with Gasteiger partial charge in [0.1, 0.15) is 6.07 Å². The van der Waals surface area contributed by atoms with Gasteiger partial charge in [0.25, 0.3) is 5.91 Å². The van der Waals surface area contributed by atoms with Gasteiger partial charge in [-0.05, 0) is 43.7 Å². The van der Waals surface area contributed by atoms with E-state index in [2.05, 4.69) is 6.07 Å². The average molecular weight is 399 g/mol. The molecular formula is C24H21N3O3. The Morgan fingerprint density at radius 2 is 1.87 bits per heavy atom. The number of carbonyl (C=O) groups excluding carboxylic acids is 2. The fourth-order valence-corrected chi connectivity index (χ4v) is 4.20. The van der Waals surface area contributed by atoms with Crippen LogP contribution in [0.2, 0.25) is 0 Å². The van der Waals surface area contributed by atoms with Crippen molar-refractivity contribution in [1.29, 1.82) is 5.26 Å². The van der Waals surface area contributed by atoms with Crippen molar-refractivity contribution in [1.82, 2.24) is 0 Å². The molecule has 2 aromatic carbocycles. The molecular weight excluding hydrogens is 378 g/mol. The van der Waals surface area contributed by atoms with Crippen LogP contribution in [-0.4, -0.2) is 17.9 Å². The summed E-state index contributed by atoms with van der Waals surface area (Å²) in [6.45, 7) is 3.46. The first kappa shape index (κ1) is 19.5. The minimum atomic E-state index is -0.302. The maximum absolute atomic E-state index is 13.2. The van der Waals surface area contributed by atoms with E-state index in [1.165, 1.54) is 13.2 Å². The van der Waals surface area contributed by atoms with Crippen molar-refractivity contribution >= 4 is 23.2 Å². The van der Waals surface area contributed by atoms with Crippen molar-refractivity contribution in [2.45, 2.75) is 32.4 Å². The highest BCUT2D eigenvalue weighted by Crippen LogP contribution is 2.44. The third-order valence-electron chi connectivity index (χ3n) is 5.43. The Kier molecular flexibility index (Phi) is 5.11. The van der Waals surface area contributed by atoms with Gasteiger partial charge in [-0.2, -0.15) is 5.26 Å². The average Bonchev–Trinajstić information content (AvgIpc) is 3.29. The van der Waals surface area contributed by atoms with Crippen LogP contribution in [0.1, 0.15) is 48.0 Å². The van der Waals surface area contributed by atoms with E-state index in [1.54, 1.807) is 34.1 Å². The van der Waals surface area contributed by atoms with Gasteiger partial charge in [0.15, 0.2) is 5.76 Å². The number of para-hydroxylation sites is 2. The van der Waals surface area contributed by atoms with E-state index in [9.17, 15) is 14.9 Å². The van der Waals surface area contributed by atoms with E-state index in [1.807, 2.05) is 43.3 Å². The smallest absolute Gasteiger partial charge is 0.294 e. The molecule has 1 aliphatic heterocycles. The second kappa shape index (κ2) is 7.88. The van der Waals surface area contributed by atoms with E-state index in [0.29, 0.717) is 17.7 Å². The number of hydrogen-bond acceptors (Lipinski definition) is 4. The first-order valence-corrected chi connectivity index (χ1v) is 9.78. The molecule has 0 bridgehead atoms. The molecule has 6 heteroatoms. The molecule has 0 saturated heterocycles. The maximum Gasteiger partial charge on any atom is 0.294 e. The number of furan rings is 1. The zero-order chi connectivity index (χ0) is 21.3. The second-order valence-corrected chi connectivity index (χ2v) is 7.33. The normalized spacial score (nSPS) is 17.7. The molecule has 2 atom stereocenters. The molecule has 0 aliphatic carbocycles. The Balaban J connectivity index is 1.88. The summed E-state index contributed by atoms with van der Waals surface area (Å²) in [7, 11) is 0. The third kappa shape index (κ3) is 3.25. The van der Waals surface area contributed by atoms with Gasteiger partial charge in [-0.1, -0.05) is 30.3 Å². The lowest BCUT2D eigenvalue weighted by molar-refractivity contribution is -0.117. The number of carbonyl (C=O) groups is 2. The van der Waals surface area contributed by atoms with Crippen LogP contribution >= 0.6 is 0 Å². The predicted molar refractivity (Wildman–Crippen MR) is 113 cm³/mol. The fourth-order valence-electron chi connectivity index (χ4n) is 4.20. The molecule has 2 heterocycles. The number of nitriles is 1. The number of benzene rings is 2. The highest BCUT2D eigenvalue weighted by atomic mass is 16.3. The molecule has 2 amide bonds. The van der Waals surface area contributed by atoms with Gasteiger partial charge in [0.2, 0.25) is 5.91 Å². The minimum absolute atomic E-state index is 0.0995. The zero-order valence-corrected chi connectivity index (χ0v) is 16.8. The minimum Gasteiger partial charge on any atom is -0.459 e. The Labute approximate surface area is 174 Å². The number of hydrogen-bond donors (Lipinski definition) is 0. The van der Waals surface area contributed by atoms with Crippen molar-refractivity contribution in [2.24, 2.45) is 0 Å². The van der Waals surface area contributed by atoms with E-state index in [4.69, 9.17) is 4.42 Å². The highest BCUT2D eigenvalue weighted by molar-refractivity contribution is 6.06. The van der Waals surface area contributed by atoms with E-state index < -0.39 is 0 Å². The van der Waals surface area contributed by atoms with Crippen LogP contribution in [0.3, 0.4) is 0 Å². The van der Waals surface area contributed by atoms with Crippen LogP contribution in [0.4, 0.5) is 11.4 Å². The van der Waals surface area contributed by atoms with E-state index >= 15 is 0 Å². The summed E-state index contributed by atoms with van der Waals surface area (Å²) in [5.74, 6) is -0.188. The zero-order valence-electron chi connectivity index (χ0n) is 16.8. The monoisotopic (exact) mass is 399 g/mol. The lowest BCUT2D eigenvalue weighted by atomic mass is 9.88. The van der Waals surface area contributed by atoms with E-state index in [-0.39, 0.29) is 29.7 Å². The Morgan fingerprint density at radius 1 is 1.10 bits per heavy atom. The summed E-state index contributed by atoms with van der Waals surface area (Å²) in [5, 5.41) is 9.77. The molecule has 30 heavy (non-hydrogen) atoms. The molecule has 0 N–H and O–H groups in total. The van der Waals surface area contributed by atoms with Crippen molar-refractivity contribution in [3.05, 3.63) is 83.8 Å². The molecule has 3 aromatic rings. The molecule has 1 aliphatic rings. The summed E-state index contributed by atoms with van der Waals surface area (Å²) in [6, 6.07) is 19.7. The lowest BCUT2D eigenvalue weighted by Crippen LogP contribution is -2.47. The van der Waals surface area contributed by atoms with Crippen LogP contribution < -0.4 is 9.80 Å². The molecule has 0 spiro atoms. The van der Waals surface area contributed by atoms with Crippen molar-refractivity contribution in [3.63, 3.8) is 0 Å². The topological polar surface area (TPSA) is 77.6 Å². The molecule has 0 saturated carbocycles. The van der Waals surface area contributed by atoms with Gasteiger partial charge in [0.05, 0.1) is 23.6 Å². The van der Waals surface area contributed by atoms with Crippen LogP contribution in [0.25, 0.3) is 0 Å². The number of fused-ring (bicyclic) bond motifs is 1. The number of rotatable bonds is 3. The van der Waals surface area contributed by atoms with Gasteiger partial charge in [-0.15, -0.1) is 0 Å². The van der Waals surface area contributed by atoms with Crippen LogP contribution in [0.15, 0.2) is 71.3 Å². The Morgan fingerprint density at radius 3 is 2.50 bits per heavy atom. The summed E-state index contributed by atoms with van der Waals surface area (Å²) in [4.78, 5) is 29.3. The Hall–Kier alpha value is -3.85. The molecule has 2 unspecified atom stereocenters. The largest absolute Gasteiger partial charge is 0.459 e. The quantitative estimate of drug-likeness (QED) is 0.640. The fraction of sp³-hybridized carbons (Fsp3) is 0.208. The van der Waals surface area contributed by atoms with Gasteiger partial charge >= 0.3 is 0 Å². The molecule has 1 aromatic heterocycles. The molecule has 0 fully saturated rings. The number of nitrogens with zero attached hydrogens (tertiary/aromatic N) is 3. The van der Waals surface area contributed by atoms with Crippen LogP contribution in [0.5, 0.6) is 0 Å². The summed E-state index contributed by atoms with van der Waals surface area (Å²) in [5.41, 5.74) is 2.47. The SMILES string of the molecule is CC(=O)N(c1ccccc1)C1CC(C)N(C(=O)c2ccco2)c2c(C#N)cccc21. The maximum atomic E-state index is 13.2. The third-order valence-corrected chi connectivity index (χ3v) is 5.43. The molecule has 4 rings (SSSR count). The van der Waals surface area contributed by atoms with Crippen molar-refractivity contribution < 1.29 is 14.0 Å². The van der Waals surface area contributed by atoms with Gasteiger partial charge in [0, 0.05) is 24.2 Å². The summed E-state index contributed by atoms with van der Waals surface area (Å²) < 4.78 is 5.33. The van der Waals surface area contributed by atoms with Crippen LogP contribution in [-0.2, 0) is 4.79 Å². The van der Waals surface area contributed by atoms with Crippen LogP contribution in [0, 0.1) is 11.3 Å². The second-order valence-electron chi connectivity index (χ2n) is 7.33. The summed E-state index contributed by atoms with van der Waals surface area (Å²) >= 11 is 0.